The van der Waals surface area contributed by atoms with Crippen molar-refractivity contribution >= 4 is 28.3 Å². The number of Topliss-reactive ketones (excluding diaryl/α,β-unsaturated/α-hetero) is 1. The largest absolute Gasteiger partial charge is 0.331 e. The van der Waals surface area contributed by atoms with Gasteiger partial charge in [0.15, 0.2) is 5.78 Å². The lowest BCUT2D eigenvalue weighted by Crippen LogP contribution is -1.95. The molecule has 0 atom stereocenters. The lowest BCUT2D eigenvalue weighted by atomic mass is 10.1. The molecule has 0 unspecified atom stereocenters. The van der Waals surface area contributed by atoms with E-state index in [0.29, 0.717) is 10.7 Å². The van der Waals surface area contributed by atoms with Gasteiger partial charge in [0.25, 0.3) is 0 Å². The van der Waals surface area contributed by atoms with Crippen LogP contribution in [0.3, 0.4) is 0 Å². The Kier molecular flexibility index (Phi) is 2.53. The average Bonchev–Trinajstić information content (AvgIpc) is 2.49. The van der Waals surface area contributed by atoms with Crippen LogP contribution in [0.15, 0.2) is 24.3 Å². The molecule has 0 aliphatic carbocycles. The standard InChI is InChI=1S/C12H12ClNO/c1-3-14-10-7-5-4-6-9(10)11(8(2)15)12(14)13/h4-7H,3H2,1-2H3. The zero-order valence-corrected chi connectivity index (χ0v) is 9.51. The third-order valence-corrected chi connectivity index (χ3v) is 2.97. The third kappa shape index (κ3) is 1.45. The van der Waals surface area contributed by atoms with Gasteiger partial charge in [0, 0.05) is 17.4 Å². The summed E-state index contributed by atoms with van der Waals surface area (Å²) in [4.78, 5) is 11.5. The molecule has 1 aromatic carbocycles. The highest BCUT2D eigenvalue weighted by atomic mass is 35.5. The lowest BCUT2D eigenvalue weighted by molar-refractivity contribution is 0.101. The van der Waals surface area contributed by atoms with E-state index < -0.39 is 0 Å². The summed E-state index contributed by atoms with van der Waals surface area (Å²) in [6, 6.07) is 7.79. The van der Waals surface area contributed by atoms with Gasteiger partial charge >= 0.3 is 0 Å². The number of rotatable bonds is 2. The minimum Gasteiger partial charge on any atom is -0.331 e. The van der Waals surface area contributed by atoms with Gasteiger partial charge in [-0.2, -0.15) is 0 Å². The van der Waals surface area contributed by atoms with E-state index >= 15 is 0 Å². The maximum atomic E-state index is 11.5. The molecule has 1 heterocycles. The first-order valence-corrected chi connectivity index (χ1v) is 5.32. The van der Waals surface area contributed by atoms with Gasteiger partial charge in [0.2, 0.25) is 0 Å². The second kappa shape index (κ2) is 3.70. The number of nitrogens with zero attached hydrogens (tertiary/aromatic N) is 1. The molecule has 2 rings (SSSR count). The molecule has 0 saturated carbocycles. The third-order valence-electron chi connectivity index (χ3n) is 2.58. The highest BCUT2D eigenvalue weighted by Gasteiger charge is 2.16. The van der Waals surface area contributed by atoms with Crippen LogP contribution in [0.5, 0.6) is 0 Å². The maximum absolute atomic E-state index is 11.5. The van der Waals surface area contributed by atoms with Crippen molar-refractivity contribution in [2.24, 2.45) is 0 Å². The number of carbonyl (C=O) groups is 1. The highest BCUT2D eigenvalue weighted by molar-refractivity contribution is 6.35. The van der Waals surface area contributed by atoms with Crippen molar-refractivity contribution in [1.82, 2.24) is 4.57 Å². The Labute approximate surface area is 93.5 Å². The van der Waals surface area contributed by atoms with Gasteiger partial charge in [-0.25, -0.2) is 0 Å². The molecule has 0 spiro atoms. The first-order valence-electron chi connectivity index (χ1n) is 4.94. The summed E-state index contributed by atoms with van der Waals surface area (Å²) in [6.07, 6.45) is 0. The topological polar surface area (TPSA) is 22.0 Å². The Morgan fingerprint density at radius 3 is 2.67 bits per heavy atom. The van der Waals surface area contributed by atoms with E-state index in [9.17, 15) is 4.79 Å². The number of hydrogen-bond donors (Lipinski definition) is 0. The van der Waals surface area contributed by atoms with E-state index in [4.69, 9.17) is 11.6 Å². The van der Waals surface area contributed by atoms with Crippen molar-refractivity contribution in [1.29, 1.82) is 0 Å². The molecular weight excluding hydrogens is 210 g/mol. The van der Waals surface area contributed by atoms with Gasteiger partial charge < -0.3 is 4.57 Å². The van der Waals surface area contributed by atoms with E-state index in [0.717, 1.165) is 17.4 Å². The Morgan fingerprint density at radius 1 is 1.40 bits per heavy atom. The van der Waals surface area contributed by atoms with Crippen LogP contribution in [0.1, 0.15) is 24.2 Å². The Bertz CT molecular complexity index is 528. The molecule has 15 heavy (non-hydrogen) atoms. The van der Waals surface area contributed by atoms with E-state index in [1.807, 2.05) is 35.8 Å². The number of para-hydroxylation sites is 1. The number of aryl methyl sites for hydroxylation is 1. The minimum absolute atomic E-state index is 0.0170. The first kappa shape index (κ1) is 10.2. The van der Waals surface area contributed by atoms with E-state index in [1.54, 1.807) is 6.92 Å². The highest BCUT2D eigenvalue weighted by Crippen LogP contribution is 2.30. The van der Waals surface area contributed by atoms with Crippen LogP contribution < -0.4 is 0 Å². The second-order valence-electron chi connectivity index (χ2n) is 3.48. The van der Waals surface area contributed by atoms with Gasteiger partial charge in [-0.1, -0.05) is 29.8 Å². The summed E-state index contributed by atoms with van der Waals surface area (Å²) in [6.45, 7) is 4.34. The van der Waals surface area contributed by atoms with Crippen molar-refractivity contribution in [2.45, 2.75) is 20.4 Å². The number of fused-ring (bicyclic) bond motifs is 1. The van der Waals surface area contributed by atoms with Crippen LogP contribution in [0.25, 0.3) is 10.9 Å². The molecule has 78 valence electrons. The minimum atomic E-state index is 0.0170. The molecule has 0 fully saturated rings. The van der Waals surface area contributed by atoms with E-state index in [2.05, 4.69) is 0 Å². The number of halogens is 1. The average molecular weight is 222 g/mol. The lowest BCUT2D eigenvalue weighted by Gasteiger charge is -2.01. The van der Waals surface area contributed by atoms with Crippen LogP contribution in [0, 0.1) is 0 Å². The number of hydrogen-bond acceptors (Lipinski definition) is 1. The molecule has 0 aliphatic rings. The van der Waals surface area contributed by atoms with Gasteiger partial charge in [-0.3, -0.25) is 4.79 Å². The summed E-state index contributed by atoms with van der Waals surface area (Å²) < 4.78 is 1.95. The van der Waals surface area contributed by atoms with Gasteiger partial charge in [-0.05, 0) is 19.9 Å². The molecular formula is C12H12ClNO. The summed E-state index contributed by atoms with van der Waals surface area (Å²) in [5, 5.41) is 1.49. The van der Waals surface area contributed by atoms with E-state index in [-0.39, 0.29) is 5.78 Å². The zero-order valence-electron chi connectivity index (χ0n) is 8.75. The molecule has 0 bridgehead atoms. The second-order valence-corrected chi connectivity index (χ2v) is 3.84. The van der Waals surface area contributed by atoms with Crippen molar-refractivity contribution in [2.75, 3.05) is 0 Å². The number of aromatic nitrogens is 1. The summed E-state index contributed by atoms with van der Waals surface area (Å²) in [5.74, 6) is 0.0170. The maximum Gasteiger partial charge on any atom is 0.163 e. The van der Waals surface area contributed by atoms with Gasteiger partial charge in [0.05, 0.1) is 5.56 Å². The number of benzene rings is 1. The molecule has 0 saturated heterocycles. The molecule has 3 heteroatoms. The smallest absolute Gasteiger partial charge is 0.163 e. The van der Waals surface area contributed by atoms with Crippen LogP contribution in [0.4, 0.5) is 0 Å². The zero-order chi connectivity index (χ0) is 11.0. The quantitative estimate of drug-likeness (QED) is 0.712. The van der Waals surface area contributed by atoms with Crippen LogP contribution in [0.2, 0.25) is 5.15 Å². The van der Waals surface area contributed by atoms with Gasteiger partial charge in [-0.15, -0.1) is 0 Å². The fourth-order valence-corrected chi connectivity index (χ4v) is 2.36. The van der Waals surface area contributed by atoms with Crippen LogP contribution in [-0.4, -0.2) is 10.4 Å². The molecule has 0 amide bonds. The fourth-order valence-electron chi connectivity index (χ4n) is 1.92. The van der Waals surface area contributed by atoms with E-state index in [1.165, 1.54) is 0 Å². The van der Waals surface area contributed by atoms with Crippen molar-refractivity contribution in [3.8, 4) is 0 Å². The first-order chi connectivity index (χ1) is 7.16. The van der Waals surface area contributed by atoms with Gasteiger partial charge in [0.1, 0.15) is 5.15 Å². The normalized spacial score (nSPS) is 10.9. The molecule has 0 radical (unpaired) electrons. The van der Waals surface area contributed by atoms with Crippen LogP contribution in [-0.2, 0) is 6.54 Å². The predicted octanol–water partition coefficient (Wildman–Crippen LogP) is 3.52. The molecule has 1 aromatic heterocycles. The van der Waals surface area contributed by atoms with Crippen molar-refractivity contribution in [3.63, 3.8) is 0 Å². The molecule has 0 aliphatic heterocycles. The Hall–Kier alpha value is -1.28. The Balaban J connectivity index is 2.91. The summed E-state index contributed by atoms with van der Waals surface area (Å²) in [7, 11) is 0. The predicted molar refractivity (Wildman–Crippen MR) is 62.6 cm³/mol. The summed E-state index contributed by atoms with van der Waals surface area (Å²) >= 11 is 6.19. The fraction of sp³-hybridized carbons (Fsp3) is 0.250. The van der Waals surface area contributed by atoms with Crippen LogP contribution >= 0.6 is 11.6 Å². The number of ketones is 1. The molecule has 2 aromatic rings. The van der Waals surface area contributed by atoms with Crippen molar-refractivity contribution < 1.29 is 4.79 Å². The monoisotopic (exact) mass is 221 g/mol. The SMILES string of the molecule is CCn1c(Cl)c(C(C)=O)c2ccccc21. The van der Waals surface area contributed by atoms with Crippen molar-refractivity contribution in [3.05, 3.63) is 35.0 Å². The number of carbonyl (C=O) groups excluding carboxylic acids is 1. The molecule has 0 N–H and O–H groups in total. The Morgan fingerprint density at radius 2 is 2.07 bits per heavy atom. The summed E-state index contributed by atoms with van der Waals surface area (Å²) in [5.41, 5.74) is 1.66. The molecule has 2 nitrogen and oxygen atoms in total.